The van der Waals surface area contributed by atoms with Crippen LogP contribution in [0.1, 0.15) is 30.3 Å². The van der Waals surface area contributed by atoms with Gasteiger partial charge in [-0.1, -0.05) is 22.0 Å². The van der Waals surface area contributed by atoms with Gasteiger partial charge in [0, 0.05) is 16.1 Å². The fourth-order valence-electron chi connectivity index (χ4n) is 2.15. The predicted molar refractivity (Wildman–Crippen MR) is 75.7 cm³/mol. The molecule has 0 amide bonds. The van der Waals surface area contributed by atoms with Crippen LogP contribution in [0.3, 0.4) is 0 Å². The molecule has 0 spiro atoms. The highest BCUT2D eigenvalue weighted by Gasteiger charge is 2.29. The molecule has 1 aliphatic rings. The van der Waals surface area contributed by atoms with Gasteiger partial charge in [-0.2, -0.15) is 0 Å². The number of hydrogen-bond acceptors (Lipinski definition) is 2. The van der Waals surface area contributed by atoms with Crippen molar-refractivity contribution in [2.24, 2.45) is 0 Å². The van der Waals surface area contributed by atoms with Crippen LogP contribution in [0, 0.1) is 6.92 Å². The molecule has 2 aromatic rings. The molecule has 0 bridgehead atoms. The third-order valence-corrected chi connectivity index (χ3v) is 3.97. The van der Waals surface area contributed by atoms with E-state index in [1.165, 1.54) is 18.4 Å². The molecule has 0 N–H and O–H groups in total. The van der Waals surface area contributed by atoms with E-state index in [-0.39, 0.29) is 0 Å². The summed E-state index contributed by atoms with van der Waals surface area (Å²) in [4.78, 5) is 0. The van der Waals surface area contributed by atoms with Crippen LogP contribution >= 0.6 is 27.5 Å². The van der Waals surface area contributed by atoms with Crippen molar-refractivity contribution in [3.63, 3.8) is 0 Å². The van der Waals surface area contributed by atoms with Crippen molar-refractivity contribution in [3.05, 3.63) is 34.1 Å². The van der Waals surface area contributed by atoms with Gasteiger partial charge in [0.15, 0.2) is 5.82 Å². The highest BCUT2D eigenvalue weighted by Crippen LogP contribution is 2.40. The summed E-state index contributed by atoms with van der Waals surface area (Å²) in [5.41, 5.74) is 2.33. The first kappa shape index (κ1) is 12.2. The van der Waals surface area contributed by atoms with Gasteiger partial charge in [0.25, 0.3) is 0 Å². The van der Waals surface area contributed by atoms with Gasteiger partial charge in [0.05, 0.1) is 5.88 Å². The summed E-state index contributed by atoms with van der Waals surface area (Å²) in [5, 5.41) is 8.54. The summed E-state index contributed by atoms with van der Waals surface area (Å²) in [6, 6.07) is 6.75. The van der Waals surface area contributed by atoms with Gasteiger partial charge in [-0.3, -0.25) is 0 Å². The molecule has 18 heavy (non-hydrogen) atoms. The first-order chi connectivity index (χ1) is 8.70. The second-order valence-corrected chi connectivity index (χ2v) is 5.82. The molecule has 1 aliphatic carbocycles. The van der Waals surface area contributed by atoms with Crippen molar-refractivity contribution in [3.8, 4) is 11.4 Å². The maximum Gasteiger partial charge on any atom is 0.164 e. The summed E-state index contributed by atoms with van der Waals surface area (Å²) in [7, 11) is 0. The molecule has 5 heteroatoms. The molecule has 0 aliphatic heterocycles. The monoisotopic (exact) mass is 325 g/mol. The zero-order chi connectivity index (χ0) is 12.7. The Kier molecular flexibility index (Phi) is 3.16. The highest BCUT2D eigenvalue weighted by atomic mass is 79.9. The molecule has 0 unspecified atom stereocenters. The quantitative estimate of drug-likeness (QED) is 0.795. The number of aryl methyl sites for hydroxylation is 1. The molecule has 1 saturated carbocycles. The molecular formula is C13H13BrClN3. The van der Waals surface area contributed by atoms with Crippen molar-refractivity contribution in [1.29, 1.82) is 0 Å². The van der Waals surface area contributed by atoms with Crippen molar-refractivity contribution >= 4 is 27.5 Å². The number of rotatable bonds is 3. The molecule has 3 rings (SSSR count). The average Bonchev–Trinajstić information content (AvgIpc) is 3.12. The molecule has 0 atom stereocenters. The molecule has 1 aromatic carbocycles. The zero-order valence-corrected chi connectivity index (χ0v) is 12.4. The second kappa shape index (κ2) is 4.67. The molecular weight excluding hydrogens is 314 g/mol. The van der Waals surface area contributed by atoms with E-state index in [2.05, 4.69) is 49.8 Å². The molecule has 94 valence electrons. The van der Waals surface area contributed by atoms with E-state index in [0.717, 1.165) is 21.7 Å². The molecule has 1 aromatic heterocycles. The molecule has 0 saturated heterocycles. The highest BCUT2D eigenvalue weighted by molar-refractivity contribution is 9.10. The van der Waals surface area contributed by atoms with E-state index < -0.39 is 0 Å². The minimum Gasteiger partial charge on any atom is -0.307 e. The number of alkyl halides is 1. The first-order valence-electron chi connectivity index (χ1n) is 5.97. The summed E-state index contributed by atoms with van der Waals surface area (Å²) in [5.74, 6) is 2.22. The lowest BCUT2D eigenvalue weighted by molar-refractivity contribution is 0.711. The number of benzene rings is 1. The van der Waals surface area contributed by atoms with Crippen LogP contribution in [-0.2, 0) is 5.88 Å². The Hall–Kier alpha value is -0.870. The van der Waals surface area contributed by atoms with Gasteiger partial charge in [-0.15, -0.1) is 21.8 Å². The zero-order valence-electron chi connectivity index (χ0n) is 10.0. The van der Waals surface area contributed by atoms with Gasteiger partial charge in [0.2, 0.25) is 0 Å². The van der Waals surface area contributed by atoms with E-state index in [0.29, 0.717) is 11.9 Å². The summed E-state index contributed by atoms with van der Waals surface area (Å²) in [6.07, 6.45) is 2.39. The van der Waals surface area contributed by atoms with Crippen LogP contribution < -0.4 is 0 Å². The van der Waals surface area contributed by atoms with E-state index in [1.54, 1.807) is 0 Å². The van der Waals surface area contributed by atoms with Gasteiger partial charge in [-0.05, 0) is 37.5 Å². The second-order valence-electron chi connectivity index (χ2n) is 4.63. The Morgan fingerprint density at radius 2 is 2.17 bits per heavy atom. The minimum absolute atomic E-state index is 0.413. The van der Waals surface area contributed by atoms with Crippen molar-refractivity contribution < 1.29 is 0 Å². The molecule has 3 nitrogen and oxygen atoms in total. The summed E-state index contributed by atoms with van der Waals surface area (Å²) in [6.45, 7) is 2.09. The van der Waals surface area contributed by atoms with E-state index in [1.807, 2.05) is 6.07 Å². The van der Waals surface area contributed by atoms with E-state index in [9.17, 15) is 0 Å². The maximum atomic E-state index is 5.94. The topological polar surface area (TPSA) is 30.7 Å². The van der Waals surface area contributed by atoms with Crippen LogP contribution in [0.15, 0.2) is 22.7 Å². The first-order valence-corrected chi connectivity index (χ1v) is 7.29. The molecule has 0 radical (unpaired) electrons. The van der Waals surface area contributed by atoms with Crippen molar-refractivity contribution in [2.75, 3.05) is 0 Å². The normalized spacial score (nSPS) is 15.1. The van der Waals surface area contributed by atoms with Gasteiger partial charge in [-0.25, -0.2) is 0 Å². The third-order valence-electron chi connectivity index (χ3n) is 3.24. The van der Waals surface area contributed by atoms with E-state index in [4.69, 9.17) is 11.6 Å². The van der Waals surface area contributed by atoms with Crippen molar-refractivity contribution in [2.45, 2.75) is 31.7 Å². The predicted octanol–water partition coefficient (Wildman–Crippen LogP) is 4.09. The van der Waals surface area contributed by atoms with Gasteiger partial charge >= 0.3 is 0 Å². The Balaban J connectivity index is 2.16. The lowest BCUT2D eigenvalue weighted by Gasteiger charge is -2.10. The Labute approximate surface area is 119 Å². The third kappa shape index (κ3) is 2.08. The number of nitrogens with zero attached hydrogens (tertiary/aromatic N) is 3. The Morgan fingerprint density at radius 1 is 1.39 bits per heavy atom. The summed E-state index contributed by atoms with van der Waals surface area (Å²) < 4.78 is 3.25. The SMILES string of the molecule is Cc1ccc(Br)cc1-c1nnc(CCl)n1C1CC1. The van der Waals surface area contributed by atoms with Crippen LogP contribution in [0.2, 0.25) is 0 Å². The number of halogens is 2. The molecule has 1 heterocycles. The van der Waals surface area contributed by atoms with Crippen LogP contribution in [0.4, 0.5) is 0 Å². The fraction of sp³-hybridized carbons (Fsp3) is 0.385. The van der Waals surface area contributed by atoms with E-state index >= 15 is 0 Å². The minimum atomic E-state index is 0.413. The van der Waals surface area contributed by atoms with Crippen LogP contribution in [0.5, 0.6) is 0 Å². The van der Waals surface area contributed by atoms with Gasteiger partial charge < -0.3 is 4.57 Å². The van der Waals surface area contributed by atoms with Crippen LogP contribution in [-0.4, -0.2) is 14.8 Å². The maximum absolute atomic E-state index is 5.94. The van der Waals surface area contributed by atoms with Gasteiger partial charge in [0.1, 0.15) is 5.82 Å². The Morgan fingerprint density at radius 3 is 2.83 bits per heavy atom. The number of aromatic nitrogens is 3. The lowest BCUT2D eigenvalue weighted by Crippen LogP contribution is -2.02. The molecule has 1 fully saturated rings. The standard InChI is InChI=1S/C13H13BrClN3/c1-8-2-3-9(14)6-11(8)13-17-16-12(7-15)18(13)10-4-5-10/h2-3,6,10H,4-5,7H2,1H3. The summed E-state index contributed by atoms with van der Waals surface area (Å²) >= 11 is 9.45. The smallest absolute Gasteiger partial charge is 0.164 e. The fourth-order valence-corrected chi connectivity index (χ4v) is 2.69. The number of hydrogen-bond donors (Lipinski definition) is 0. The van der Waals surface area contributed by atoms with Crippen molar-refractivity contribution in [1.82, 2.24) is 14.8 Å². The van der Waals surface area contributed by atoms with Crippen LogP contribution in [0.25, 0.3) is 11.4 Å². The lowest BCUT2D eigenvalue weighted by atomic mass is 10.1. The Bertz CT molecular complexity index is 590. The largest absolute Gasteiger partial charge is 0.307 e. The average molecular weight is 327 g/mol.